The number of ether oxygens (including phenoxy) is 1. The van der Waals surface area contributed by atoms with Gasteiger partial charge in [0.15, 0.2) is 0 Å². The SMILES string of the molecule is COc1ccc(/C=C(\Cl)c2nnc(-c3cc(C)oc3C)o2)cc1Br. The van der Waals surface area contributed by atoms with Crippen LogP contribution in [0.5, 0.6) is 5.75 Å². The van der Waals surface area contributed by atoms with Gasteiger partial charge in [-0.25, -0.2) is 0 Å². The number of hydrogen-bond donors (Lipinski definition) is 0. The van der Waals surface area contributed by atoms with Crippen LogP contribution in [0.3, 0.4) is 0 Å². The van der Waals surface area contributed by atoms with E-state index < -0.39 is 0 Å². The normalized spacial score (nSPS) is 11.8. The zero-order chi connectivity index (χ0) is 17.3. The van der Waals surface area contributed by atoms with Crippen molar-refractivity contribution in [2.75, 3.05) is 7.11 Å². The van der Waals surface area contributed by atoms with Crippen LogP contribution in [-0.4, -0.2) is 17.3 Å². The lowest BCUT2D eigenvalue weighted by molar-refractivity contribution is 0.412. The summed E-state index contributed by atoms with van der Waals surface area (Å²) in [6, 6.07) is 7.47. The standard InChI is InChI=1S/C17H14BrClN2O3/c1-9-6-12(10(2)23-9)16-20-21-17(24-16)14(19)8-11-4-5-15(22-3)13(18)7-11/h4-8H,1-3H3/b14-8-. The molecule has 0 spiro atoms. The molecule has 24 heavy (non-hydrogen) atoms. The number of furan rings is 1. The Morgan fingerprint density at radius 1 is 1.21 bits per heavy atom. The van der Waals surface area contributed by atoms with E-state index in [1.165, 1.54) is 0 Å². The minimum atomic E-state index is 0.247. The summed E-state index contributed by atoms with van der Waals surface area (Å²) < 4.78 is 17.2. The zero-order valence-electron chi connectivity index (χ0n) is 13.3. The fraction of sp³-hybridized carbons (Fsp3) is 0.176. The highest BCUT2D eigenvalue weighted by Gasteiger charge is 2.16. The van der Waals surface area contributed by atoms with Crippen LogP contribution >= 0.6 is 27.5 Å². The first-order valence-corrected chi connectivity index (χ1v) is 8.27. The molecule has 3 aromatic rings. The number of rotatable bonds is 4. The molecule has 5 nitrogen and oxygen atoms in total. The maximum Gasteiger partial charge on any atom is 0.259 e. The molecule has 0 radical (unpaired) electrons. The molecule has 0 saturated carbocycles. The van der Waals surface area contributed by atoms with Gasteiger partial charge in [-0.1, -0.05) is 17.7 Å². The van der Waals surface area contributed by atoms with Gasteiger partial charge in [0.05, 0.1) is 17.1 Å². The second kappa shape index (κ2) is 6.83. The van der Waals surface area contributed by atoms with Crippen molar-refractivity contribution in [3.63, 3.8) is 0 Å². The van der Waals surface area contributed by atoms with E-state index in [1.807, 2.05) is 38.1 Å². The predicted molar refractivity (Wildman–Crippen MR) is 95.9 cm³/mol. The van der Waals surface area contributed by atoms with Gasteiger partial charge in [-0.15, -0.1) is 10.2 Å². The second-order valence-corrected chi connectivity index (χ2v) is 6.39. The van der Waals surface area contributed by atoms with E-state index in [9.17, 15) is 0 Å². The van der Waals surface area contributed by atoms with Crippen molar-refractivity contribution in [2.24, 2.45) is 0 Å². The minimum Gasteiger partial charge on any atom is -0.496 e. The van der Waals surface area contributed by atoms with Crippen LogP contribution in [0.4, 0.5) is 0 Å². The number of aryl methyl sites for hydroxylation is 2. The Morgan fingerprint density at radius 3 is 2.62 bits per heavy atom. The summed E-state index contributed by atoms with van der Waals surface area (Å²) in [6.45, 7) is 3.71. The van der Waals surface area contributed by atoms with Gasteiger partial charge < -0.3 is 13.6 Å². The van der Waals surface area contributed by atoms with E-state index in [2.05, 4.69) is 26.1 Å². The van der Waals surface area contributed by atoms with Gasteiger partial charge in [0.2, 0.25) is 0 Å². The van der Waals surface area contributed by atoms with Crippen LogP contribution in [0.2, 0.25) is 0 Å². The van der Waals surface area contributed by atoms with Gasteiger partial charge >= 0.3 is 0 Å². The average molecular weight is 410 g/mol. The van der Waals surface area contributed by atoms with Crippen molar-refractivity contribution < 1.29 is 13.6 Å². The number of halogens is 2. The van der Waals surface area contributed by atoms with Crippen molar-refractivity contribution in [3.05, 3.63) is 51.7 Å². The molecular weight excluding hydrogens is 396 g/mol. The number of nitrogens with zero attached hydrogens (tertiary/aromatic N) is 2. The molecule has 0 atom stereocenters. The number of methoxy groups -OCH3 is 1. The lowest BCUT2D eigenvalue weighted by Crippen LogP contribution is -1.85. The van der Waals surface area contributed by atoms with Gasteiger partial charge in [-0.2, -0.15) is 0 Å². The van der Waals surface area contributed by atoms with Crippen LogP contribution in [-0.2, 0) is 0 Å². The molecule has 124 valence electrons. The van der Waals surface area contributed by atoms with Gasteiger partial charge in [-0.3, -0.25) is 0 Å². The molecule has 0 aliphatic heterocycles. The summed E-state index contributed by atoms with van der Waals surface area (Å²) >= 11 is 9.75. The molecule has 1 aromatic carbocycles. The summed E-state index contributed by atoms with van der Waals surface area (Å²) in [5.41, 5.74) is 1.64. The highest BCUT2D eigenvalue weighted by Crippen LogP contribution is 2.30. The Kier molecular flexibility index (Phi) is 4.78. The quantitative estimate of drug-likeness (QED) is 0.573. The monoisotopic (exact) mass is 408 g/mol. The van der Waals surface area contributed by atoms with Crippen LogP contribution in [0.1, 0.15) is 23.0 Å². The summed E-state index contributed by atoms with van der Waals surface area (Å²) in [5, 5.41) is 8.39. The zero-order valence-corrected chi connectivity index (χ0v) is 15.6. The largest absolute Gasteiger partial charge is 0.496 e. The summed E-state index contributed by atoms with van der Waals surface area (Å²) in [6.07, 6.45) is 1.75. The molecule has 2 aromatic heterocycles. The molecule has 0 aliphatic carbocycles. The van der Waals surface area contributed by atoms with Gasteiger partial charge in [-0.05, 0) is 59.6 Å². The van der Waals surface area contributed by atoms with E-state index in [0.717, 1.165) is 32.9 Å². The van der Waals surface area contributed by atoms with Crippen LogP contribution in [0, 0.1) is 13.8 Å². The van der Waals surface area contributed by atoms with Crippen molar-refractivity contribution in [3.8, 4) is 17.2 Å². The van der Waals surface area contributed by atoms with Crippen molar-refractivity contribution in [1.29, 1.82) is 0 Å². The smallest absolute Gasteiger partial charge is 0.259 e. The van der Waals surface area contributed by atoms with Gasteiger partial charge in [0, 0.05) is 0 Å². The first-order chi connectivity index (χ1) is 11.5. The van der Waals surface area contributed by atoms with Crippen LogP contribution in [0.25, 0.3) is 22.6 Å². The third kappa shape index (κ3) is 3.39. The van der Waals surface area contributed by atoms with Crippen molar-refractivity contribution >= 4 is 38.6 Å². The fourth-order valence-corrected chi connectivity index (χ4v) is 3.01. The first-order valence-electron chi connectivity index (χ1n) is 7.10. The molecule has 2 heterocycles. The molecule has 0 unspecified atom stereocenters. The maximum absolute atomic E-state index is 6.31. The van der Waals surface area contributed by atoms with Crippen molar-refractivity contribution in [1.82, 2.24) is 10.2 Å². The van der Waals surface area contributed by atoms with E-state index in [-0.39, 0.29) is 5.89 Å². The highest BCUT2D eigenvalue weighted by molar-refractivity contribution is 9.10. The first kappa shape index (κ1) is 16.8. The number of benzene rings is 1. The third-order valence-electron chi connectivity index (χ3n) is 3.37. The van der Waals surface area contributed by atoms with Crippen LogP contribution in [0.15, 0.2) is 37.6 Å². The summed E-state index contributed by atoms with van der Waals surface area (Å²) in [4.78, 5) is 0. The topological polar surface area (TPSA) is 61.3 Å². The van der Waals surface area contributed by atoms with E-state index >= 15 is 0 Å². The van der Waals surface area contributed by atoms with E-state index in [1.54, 1.807) is 13.2 Å². The molecule has 0 amide bonds. The maximum atomic E-state index is 6.31. The lowest BCUT2D eigenvalue weighted by atomic mass is 10.2. The highest BCUT2D eigenvalue weighted by atomic mass is 79.9. The predicted octanol–water partition coefficient (Wildman–Crippen LogP) is 5.45. The second-order valence-electron chi connectivity index (χ2n) is 5.13. The molecule has 0 saturated heterocycles. The Bertz CT molecular complexity index is 914. The summed E-state index contributed by atoms with van der Waals surface area (Å²) in [7, 11) is 1.61. The molecule has 0 aliphatic rings. The number of aromatic nitrogens is 2. The van der Waals surface area contributed by atoms with Gasteiger partial charge in [0.1, 0.15) is 22.3 Å². The fourth-order valence-electron chi connectivity index (χ4n) is 2.25. The average Bonchev–Trinajstić information content (AvgIpc) is 3.14. The van der Waals surface area contributed by atoms with Crippen LogP contribution < -0.4 is 4.74 Å². The Hall–Kier alpha value is -2.05. The Morgan fingerprint density at radius 2 is 2.00 bits per heavy atom. The Labute approximate surface area is 152 Å². The molecule has 3 rings (SSSR count). The third-order valence-corrected chi connectivity index (χ3v) is 4.26. The lowest BCUT2D eigenvalue weighted by Gasteiger charge is -2.03. The Balaban J connectivity index is 1.89. The van der Waals surface area contributed by atoms with Gasteiger partial charge in [0.25, 0.3) is 11.8 Å². The molecule has 7 heteroatoms. The number of hydrogen-bond acceptors (Lipinski definition) is 5. The molecule has 0 N–H and O–H groups in total. The molecule has 0 fully saturated rings. The summed E-state index contributed by atoms with van der Waals surface area (Å²) in [5.74, 6) is 2.88. The van der Waals surface area contributed by atoms with E-state index in [0.29, 0.717) is 10.9 Å². The molecule has 0 bridgehead atoms. The molecular formula is C17H14BrClN2O3. The minimum absolute atomic E-state index is 0.247. The van der Waals surface area contributed by atoms with Crippen molar-refractivity contribution in [2.45, 2.75) is 13.8 Å². The van der Waals surface area contributed by atoms with E-state index in [4.69, 9.17) is 25.2 Å².